The highest BCUT2D eigenvalue weighted by Crippen LogP contribution is 2.34. The number of carbonyl (C=O) groups is 3. The highest BCUT2D eigenvalue weighted by molar-refractivity contribution is 6.13. The molecule has 172 valence electrons. The van der Waals surface area contributed by atoms with E-state index in [1.807, 2.05) is 0 Å². The normalized spacial score (nSPS) is 11.2. The largest absolute Gasteiger partial charge is 0.462 e. The van der Waals surface area contributed by atoms with E-state index in [0.717, 1.165) is 17.0 Å². The summed E-state index contributed by atoms with van der Waals surface area (Å²) in [7, 11) is 0. The van der Waals surface area contributed by atoms with E-state index in [-0.39, 0.29) is 12.2 Å². The fraction of sp³-hybridized carbons (Fsp3) is 0.208. The van der Waals surface area contributed by atoms with Crippen molar-refractivity contribution in [2.24, 2.45) is 0 Å². The second-order valence-corrected chi connectivity index (χ2v) is 7.19. The summed E-state index contributed by atoms with van der Waals surface area (Å²) in [6.07, 6.45) is -4.45. The molecule has 0 bridgehead atoms. The molecule has 0 aliphatic rings. The minimum atomic E-state index is -4.45. The summed E-state index contributed by atoms with van der Waals surface area (Å²) in [5, 5.41) is 0. The van der Waals surface area contributed by atoms with E-state index in [9.17, 15) is 27.6 Å². The van der Waals surface area contributed by atoms with Gasteiger partial charge < -0.3 is 9.72 Å². The van der Waals surface area contributed by atoms with Gasteiger partial charge in [-0.3, -0.25) is 14.5 Å². The summed E-state index contributed by atoms with van der Waals surface area (Å²) in [6, 6.07) is 12.4. The monoisotopic (exact) mass is 458 g/mol. The smallest absolute Gasteiger partial charge is 0.416 e. The highest BCUT2D eigenvalue weighted by Gasteiger charge is 2.30. The number of hydrogen-bond acceptors (Lipinski definition) is 4. The molecule has 0 aliphatic heterocycles. The fourth-order valence-corrected chi connectivity index (χ4v) is 3.41. The Bertz CT molecular complexity index is 1170. The van der Waals surface area contributed by atoms with E-state index in [4.69, 9.17) is 4.74 Å². The van der Waals surface area contributed by atoms with E-state index in [0.29, 0.717) is 28.2 Å². The zero-order valence-corrected chi connectivity index (χ0v) is 18.1. The van der Waals surface area contributed by atoms with Crippen molar-refractivity contribution in [3.8, 4) is 22.5 Å². The van der Waals surface area contributed by atoms with Gasteiger partial charge in [-0.2, -0.15) is 13.2 Å². The van der Waals surface area contributed by atoms with Gasteiger partial charge in [0.05, 0.1) is 29.1 Å². The van der Waals surface area contributed by atoms with Crippen LogP contribution in [-0.2, 0) is 20.5 Å². The molecular weight excluding hydrogens is 437 g/mol. The number of alkyl halides is 3. The zero-order valence-electron chi connectivity index (χ0n) is 18.1. The molecule has 33 heavy (non-hydrogen) atoms. The van der Waals surface area contributed by atoms with Gasteiger partial charge in [0.2, 0.25) is 11.8 Å². The van der Waals surface area contributed by atoms with Gasteiger partial charge in [-0.1, -0.05) is 24.3 Å². The Labute approximate surface area is 188 Å². The van der Waals surface area contributed by atoms with Gasteiger partial charge in [0, 0.05) is 19.5 Å². The van der Waals surface area contributed by atoms with Crippen molar-refractivity contribution in [1.29, 1.82) is 0 Å². The number of H-pyrrole nitrogens is 1. The number of hydrogen-bond donors (Lipinski definition) is 1. The molecule has 0 spiro atoms. The number of anilines is 1. The molecule has 1 aromatic heterocycles. The molecule has 3 rings (SSSR count). The van der Waals surface area contributed by atoms with E-state index in [1.165, 1.54) is 32.0 Å². The topological polar surface area (TPSA) is 79.5 Å². The third kappa shape index (κ3) is 5.14. The number of imide groups is 1. The second kappa shape index (κ2) is 9.32. The van der Waals surface area contributed by atoms with Gasteiger partial charge in [-0.05, 0) is 48.4 Å². The van der Waals surface area contributed by atoms with Crippen LogP contribution >= 0.6 is 0 Å². The third-order valence-corrected chi connectivity index (χ3v) is 4.88. The van der Waals surface area contributed by atoms with E-state index in [1.54, 1.807) is 31.2 Å². The number of amides is 2. The highest BCUT2D eigenvalue weighted by atomic mass is 19.4. The fourth-order valence-electron chi connectivity index (χ4n) is 3.41. The molecule has 9 heteroatoms. The number of esters is 1. The lowest BCUT2D eigenvalue weighted by Gasteiger charge is -2.17. The van der Waals surface area contributed by atoms with Crippen LogP contribution in [0.25, 0.3) is 22.5 Å². The van der Waals surface area contributed by atoms with E-state index in [2.05, 4.69) is 4.98 Å². The van der Waals surface area contributed by atoms with Crippen LogP contribution in [0.3, 0.4) is 0 Å². The molecule has 1 heterocycles. The standard InChI is InChI=1S/C24H21F3N2O4/c1-4-33-23(32)20-13-21(16-5-9-18(10-6-16)24(25,26)27)28-22(20)17-7-11-19(12-8-17)29(14(2)30)15(3)31/h5-13,28H,4H2,1-3H3. The van der Waals surface area contributed by atoms with Gasteiger partial charge in [-0.25, -0.2) is 4.79 Å². The van der Waals surface area contributed by atoms with E-state index < -0.39 is 29.5 Å². The first-order valence-electron chi connectivity index (χ1n) is 10.0. The quantitative estimate of drug-likeness (QED) is 0.516. The van der Waals surface area contributed by atoms with Gasteiger partial charge in [0.15, 0.2) is 0 Å². The Morgan fingerprint density at radius 2 is 1.45 bits per heavy atom. The maximum absolute atomic E-state index is 12.9. The molecule has 2 aromatic carbocycles. The summed E-state index contributed by atoms with van der Waals surface area (Å²) in [4.78, 5) is 40.2. The molecule has 0 saturated heterocycles. The molecule has 2 amide bonds. The van der Waals surface area contributed by atoms with Crippen molar-refractivity contribution < 1.29 is 32.3 Å². The van der Waals surface area contributed by atoms with Crippen molar-refractivity contribution in [2.45, 2.75) is 26.9 Å². The molecule has 0 saturated carbocycles. The molecule has 0 fully saturated rings. The predicted octanol–water partition coefficient (Wildman–Crippen LogP) is 5.44. The summed E-state index contributed by atoms with van der Waals surface area (Å²) >= 11 is 0. The number of ether oxygens (including phenoxy) is 1. The van der Waals surface area contributed by atoms with Crippen LogP contribution in [0.2, 0.25) is 0 Å². The van der Waals surface area contributed by atoms with Crippen molar-refractivity contribution >= 4 is 23.5 Å². The molecule has 0 radical (unpaired) electrons. The average Bonchev–Trinajstić information content (AvgIpc) is 3.19. The average molecular weight is 458 g/mol. The second-order valence-electron chi connectivity index (χ2n) is 7.19. The van der Waals surface area contributed by atoms with Gasteiger partial charge >= 0.3 is 12.1 Å². The Morgan fingerprint density at radius 1 is 0.909 bits per heavy atom. The Balaban J connectivity index is 2.04. The van der Waals surface area contributed by atoms with Crippen molar-refractivity contribution in [3.63, 3.8) is 0 Å². The number of aromatic amines is 1. The van der Waals surface area contributed by atoms with Crippen LogP contribution in [0.1, 0.15) is 36.7 Å². The number of carbonyl (C=O) groups excluding carboxylic acids is 3. The first kappa shape index (κ1) is 23.8. The molecule has 0 atom stereocenters. The number of benzene rings is 2. The molecule has 6 nitrogen and oxygen atoms in total. The van der Waals surface area contributed by atoms with Crippen LogP contribution in [0.4, 0.5) is 18.9 Å². The van der Waals surface area contributed by atoms with Crippen molar-refractivity contribution in [2.75, 3.05) is 11.5 Å². The minimum absolute atomic E-state index is 0.143. The van der Waals surface area contributed by atoms with Crippen LogP contribution in [-0.4, -0.2) is 29.4 Å². The SMILES string of the molecule is CCOC(=O)c1cc(-c2ccc(C(F)(F)F)cc2)[nH]c1-c1ccc(N(C(C)=O)C(C)=O)cc1. The Hall–Kier alpha value is -3.88. The lowest BCUT2D eigenvalue weighted by atomic mass is 10.1. The van der Waals surface area contributed by atoms with Gasteiger partial charge in [-0.15, -0.1) is 0 Å². The van der Waals surface area contributed by atoms with Gasteiger partial charge in [0.25, 0.3) is 0 Å². The molecule has 3 aromatic rings. The Morgan fingerprint density at radius 3 is 1.94 bits per heavy atom. The number of halogens is 3. The molecule has 1 N–H and O–H groups in total. The van der Waals surface area contributed by atoms with Crippen molar-refractivity contribution in [1.82, 2.24) is 4.98 Å². The Kier molecular flexibility index (Phi) is 6.71. The maximum Gasteiger partial charge on any atom is 0.416 e. The first-order valence-corrected chi connectivity index (χ1v) is 10.0. The number of aromatic nitrogens is 1. The summed E-state index contributed by atoms with van der Waals surface area (Å²) in [5.74, 6) is -1.47. The zero-order chi connectivity index (χ0) is 24.3. The number of nitrogens with zero attached hydrogens (tertiary/aromatic N) is 1. The summed E-state index contributed by atoms with van der Waals surface area (Å²) in [6.45, 7) is 4.35. The van der Waals surface area contributed by atoms with Crippen molar-refractivity contribution in [3.05, 3.63) is 65.7 Å². The summed E-state index contributed by atoms with van der Waals surface area (Å²) in [5.41, 5.74) is 1.63. The number of rotatable bonds is 5. The number of nitrogens with one attached hydrogen (secondary N) is 1. The van der Waals surface area contributed by atoms with Crippen LogP contribution in [0, 0.1) is 0 Å². The maximum atomic E-state index is 12.9. The first-order chi connectivity index (χ1) is 15.5. The van der Waals surface area contributed by atoms with Crippen LogP contribution in [0.5, 0.6) is 0 Å². The van der Waals surface area contributed by atoms with E-state index >= 15 is 0 Å². The third-order valence-electron chi connectivity index (χ3n) is 4.88. The summed E-state index contributed by atoms with van der Waals surface area (Å²) < 4.78 is 43.8. The lowest BCUT2D eigenvalue weighted by molar-refractivity contribution is -0.137. The van der Waals surface area contributed by atoms with Crippen LogP contribution in [0.15, 0.2) is 54.6 Å². The molecule has 0 unspecified atom stereocenters. The lowest BCUT2D eigenvalue weighted by Crippen LogP contribution is -2.32. The van der Waals surface area contributed by atoms with Crippen LogP contribution < -0.4 is 4.90 Å². The predicted molar refractivity (Wildman–Crippen MR) is 116 cm³/mol. The minimum Gasteiger partial charge on any atom is -0.462 e. The van der Waals surface area contributed by atoms with Gasteiger partial charge in [0.1, 0.15) is 0 Å². The molecular formula is C24H21F3N2O4. The molecule has 0 aliphatic carbocycles.